The van der Waals surface area contributed by atoms with E-state index in [0.29, 0.717) is 4.88 Å². The van der Waals surface area contributed by atoms with Crippen molar-refractivity contribution in [1.29, 1.82) is 0 Å². The Bertz CT molecular complexity index is 351. The zero-order valence-corrected chi connectivity index (χ0v) is 10.2. The highest BCUT2D eigenvalue weighted by atomic mass is 79.9. The van der Waals surface area contributed by atoms with Crippen molar-refractivity contribution in [2.45, 2.75) is 13.8 Å². The van der Waals surface area contributed by atoms with Crippen molar-refractivity contribution in [2.24, 2.45) is 0 Å². The van der Waals surface area contributed by atoms with Gasteiger partial charge in [-0.1, -0.05) is 0 Å². The van der Waals surface area contributed by atoms with Crippen LogP contribution < -0.4 is 0 Å². The number of Topliss-reactive ketones (excluding diaryl/α,β-unsaturated/α-hetero) is 1. The standard InChI is InChI=1S/C9H9BrO3S/c1-3-13-9(12)8(11)7-4-6(10)5(2)14-7/h4H,3H2,1-2H3. The topological polar surface area (TPSA) is 43.4 Å². The zero-order chi connectivity index (χ0) is 10.7. The fourth-order valence-corrected chi connectivity index (χ4v) is 2.33. The highest BCUT2D eigenvalue weighted by Crippen LogP contribution is 2.26. The van der Waals surface area contributed by atoms with Crippen LogP contribution in [0.1, 0.15) is 21.5 Å². The first-order valence-electron chi connectivity index (χ1n) is 4.03. The van der Waals surface area contributed by atoms with E-state index in [4.69, 9.17) is 0 Å². The average Bonchev–Trinajstić information content (AvgIpc) is 2.46. The maximum atomic E-state index is 11.4. The number of hydrogen-bond donors (Lipinski definition) is 0. The van der Waals surface area contributed by atoms with E-state index in [-0.39, 0.29) is 6.61 Å². The molecule has 1 aromatic rings. The third-order valence-corrected chi connectivity index (χ3v) is 3.68. The van der Waals surface area contributed by atoms with Crippen LogP contribution in [0.5, 0.6) is 0 Å². The second-order valence-electron chi connectivity index (χ2n) is 2.56. The molecule has 0 aliphatic carbocycles. The van der Waals surface area contributed by atoms with Gasteiger partial charge in [0.2, 0.25) is 0 Å². The third kappa shape index (κ3) is 2.42. The molecule has 0 radical (unpaired) electrons. The molecule has 3 nitrogen and oxygen atoms in total. The van der Waals surface area contributed by atoms with Crippen molar-refractivity contribution in [3.63, 3.8) is 0 Å². The maximum absolute atomic E-state index is 11.4. The largest absolute Gasteiger partial charge is 0.460 e. The first-order valence-corrected chi connectivity index (χ1v) is 5.64. The summed E-state index contributed by atoms with van der Waals surface area (Å²) in [5, 5.41) is 0. The molecule has 0 fully saturated rings. The van der Waals surface area contributed by atoms with E-state index in [1.54, 1.807) is 13.0 Å². The van der Waals surface area contributed by atoms with Gasteiger partial charge in [0, 0.05) is 9.35 Å². The van der Waals surface area contributed by atoms with E-state index < -0.39 is 11.8 Å². The lowest BCUT2D eigenvalue weighted by Crippen LogP contribution is -2.16. The summed E-state index contributed by atoms with van der Waals surface area (Å²) in [5.41, 5.74) is 0. The van der Waals surface area contributed by atoms with E-state index in [1.807, 2.05) is 6.92 Å². The Morgan fingerprint density at radius 2 is 2.21 bits per heavy atom. The molecule has 0 aliphatic heterocycles. The molecule has 0 bridgehead atoms. The van der Waals surface area contributed by atoms with Crippen molar-refractivity contribution in [2.75, 3.05) is 6.61 Å². The number of thiophene rings is 1. The molecule has 0 aliphatic rings. The molecule has 0 N–H and O–H groups in total. The van der Waals surface area contributed by atoms with Crippen LogP contribution in [0.25, 0.3) is 0 Å². The molecule has 0 spiro atoms. The number of aryl methyl sites for hydroxylation is 1. The molecule has 5 heteroatoms. The van der Waals surface area contributed by atoms with E-state index >= 15 is 0 Å². The van der Waals surface area contributed by atoms with Gasteiger partial charge in [0.1, 0.15) is 0 Å². The molecule has 1 heterocycles. The van der Waals surface area contributed by atoms with Crippen LogP contribution in [0.4, 0.5) is 0 Å². The minimum absolute atomic E-state index is 0.218. The number of carbonyl (C=O) groups excluding carboxylic acids is 2. The Balaban J connectivity index is 2.84. The first kappa shape index (κ1) is 11.4. The SMILES string of the molecule is CCOC(=O)C(=O)c1cc(Br)c(C)s1. The van der Waals surface area contributed by atoms with Gasteiger partial charge in [0.05, 0.1) is 11.5 Å². The highest BCUT2D eigenvalue weighted by molar-refractivity contribution is 9.10. The van der Waals surface area contributed by atoms with Gasteiger partial charge in [0.15, 0.2) is 0 Å². The predicted molar refractivity (Wildman–Crippen MR) is 57.7 cm³/mol. The minimum atomic E-state index is -0.791. The Morgan fingerprint density at radius 3 is 2.64 bits per heavy atom. The Hall–Kier alpha value is -0.680. The summed E-state index contributed by atoms with van der Waals surface area (Å²) in [6.45, 7) is 3.76. The normalized spacial score (nSPS) is 9.93. The maximum Gasteiger partial charge on any atom is 0.380 e. The van der Waals surface area contributed by atoms with Crippen LogP contribution in [0, 0.1) is 6.92 Å². The second-order valence-corrected chi connectivity index (χ2v) is 4.68. The fourth-order valence-electron chi connectivity index (χ4n) is 0.869. The summed E-state index contributed by atoms with van der Waals surface area (Å²) in [5.74, 6) is -1.37. The van der Waals surface area contributed by atoms with Gasteiger partial charge < -0.3 is 4.74 Å². The molecule has 1 aromatic heterocycles. The van der Waals surface area contributed by atoms with E-state index in [1.165, 1.54) is 11.3 Å². The molecule has 76 valence electrons. The van der Waals surface area contributed by atoms with Crippen molar-refractivity contribution in [1.82, 2.24) is 0 Å². The first-order chi connectivity index (χ1) is 6.56. The van der Waals surface area contributed by atoms with Gasteiger partial charge in [0.25, 0.3) is 5.78 Å². The predicted octanol–water partition coefficient (Wildman–Crippen LogP) is 2.56. The summed E-state index contributed by atoms with van der Waals surface area (Å²) in [4.78, 5) is 23.9. The molecule has 14 heavy (non-hydrogen) atoms. The Morgan fingerprint density at radius 1 is 1.57 bits per heavy atom. The number of ether oxygens (including phenoxy) is 1. The van der Waals surface area contributed by atoms with Crippen LogP contribution in [0.15, 0.2) is 10.5 Å². The monoisotopic (exact) mass is 276 g/mol. The van der Waals surface area contributed by atoms with Gasteiger partial charge in [-0.05, 0) is 35.8 Å². The average molecular weight is 277 g/mol. The van der Waals surface area contributed by atoms with E-state index in [2.05, 4.69) is 20.7 Å². The summed E-state index contributed by atoms with van der Waals surface area (Å²) >= 11 is 4.56. The summed E-state index contributed by atoms with van der Waals surface area (Å²) in [7, 11) is 0. The Kier molecular flexibility index (Phi) is 3.83. The van der Waals surface area contributed by atoms with Gasteiger partial charge in [-0.25, -0.2) is 4.79 Å². The molecular formula is C9H9BrO3S. The van der Waals surface area contributed by atoms with Gasteiger partial charge in [-0.2, -0.15) is 0 Å². The van der Waals surface area contributed by atoms with Gasteiger partial charge >= 0.3 is 5.97 Å². The minimum Gasteiger partial charge on any atom is -0.460 e. The summed E-state index contributed by atoms with van der Waals surface area (Å²) in [6.07, 6.45) is 0. The number of carbonyl (C=O) groups is 2. The quantitative estimate of drug-likeness (QED) is 0.484. The van der Waals surface area contributed by atoms with Crippen LogP contribution in [-0.4, -0.2) is 18.4 Å². The molecule has 0 unspecified atom stereocenters. The lowest BCUT2D eigenvalue weighted by molar-refractivity contribution is -0.137. The number of halogens is 1. The summed E-state index contributed by atoms with van der Waals surface area (Å²) in [6, 6.07) is 1.64. The lowest BCUT2D eigenvalue weighted by atomic mass is 10.3. The molecule has 0 saturated carbocycles. The van der Waals surface area contributed by atoms with Crippen LogP contribution in [0.3, 0.4) is 0 Å². The number of hydrogen-bond acceptors (Lipinski definition) is 4. The van der Waals surface area contributed by atoms with Crippen molar-refractivity contribution in [3.05, 3.63) is 20.3 Å². The molecule has 0 amide bonds. The van der Waals surface area contributed by atoms with Crippen LogP contribution in [0.2, 0.25) is 0 Å². The molecular weight excluding hydrogens is 268 g/mol. The number of ketones is 1. The van der Waals surface area contributed by atoms with Gasteiger partial charge in [-0.3, -0.25) is 4.79 Å². The second kappa shape index (κ2) is 4.70. The fraction of sp³-hybridized carbons (Fsp3) is 0.333. The Labute approximate surface area is 94.2 Å². The third-order valence-electron chi connectivity index (χ3n) is 1.54. The van der Waals surface area contributed by atoms with Gasteiger partial charge in [-0.15, -0.1) is 11.3 Å². The molecule has 1 rings (SSSR count). The number of rotatable bonds is 3. The van der Waals surface area contributed by atoms with Crippen molar-refractivity contribution in [3.8, 4) is 0 Å². The van der Waals surface area contributed by atoms with Crippen molar-refractivity contribution >= 4 is 39.0 Å². The van der Waals surface area contributed by atoms with E-state index in [0.717, 1.165) is 9.35 Å². The molecule has 0 aromatic carbocycles. The molecule has 0 atom stereocenters. The van der Waals surface area contributed by atoms with E-state index in [9.17, 15) is 9.59 Å². The smallest absolute Gasteiger partial charge is 0.380 e. The zero-order valence-electron chi connectivity index (χ0n) is 7.80. The van der Waals surface area contributed by atoms with Crippen LogP contribution >= 0.6 is 27.3 Å². The lowest BCUT2D eigenvalue weighted by Gasteiger charge is -1.97. The molecule has 0 saturated heterocycles. The van der Waals surface area contributed by atoms with Crippen molar-refractivity contribution < 1.29 is 14.3 Å². The number of esters is 1. The highest BCUT2D eigenvalue weighted by Gasteiger charge is 2.20. The summed E-state index contributed by atoms with van der Waals surface area (Å²) < 4.78 is 5.45. The van der Waals surface area contributed by atoms with Crippen LogP contribution in [-0.2, 0) is 9.53 Å².